The van der Waals surface area contributed by atoms with E-state index in [0.717, 1.165) is 12.2 Å². The molecule has 1 nitrogen and oxygen atoms in total. The molecule has 0 spiro atoms. The van der Waals surface area contributed by atoms with Crippen LogP contribution >= 0.6 is 0 Å². The number of hydrogen-bond donors (Lipinski definition) is 0. The summed E-state index contributed by atoms with van der Waals surface area (Å²) in [5.41, 5.74) is 4.65. The zero-order chi connectivity index (χ0) is 24.1. The lowest BCUT2D eigenvalue weighted by molar-refractivity contribution is 0.116. The highest BCUT2D eigenvalue weighted by Gasteiger charge is 2.03. The lowest BCUT2D eigenvalue weighted by atomic mass is 9.98. The maximum absolute atomic E-state index is 5.95. The minimum absolute atomic E-state index is 0.689. The molecule has 34 heavy (non-hydrogen) atoms. The van der Waals surface area contributed by atoms with E-state index in [1.54, 1.807) is 0 Å². The molecule has 2 aromatic rings. The Morgan fingerprint density at radius 3 is 1.65 bits per heavy atom. The molecule has 0 aliphatic rings. The quantitative estimate of drug-likeness (QED) is 0.168. The largest absolute Gasteiger partial charge is 0.377 e. The van der Waals surface area contributed by atoms with Gasteiger partial charge in [-0.3, -0.25) is 0 Å². The van der Waals surface area contributed by atoms with Gasteiger partial charge in [-0.1, -0.05) is 158 Å². The van der Waals surface area contributed by atoms with Crippen LogP contribution in [0.2, 0.25) is 0 Å². The van der Waals surface area contributed by atoms with Crippen LogP contribution in [0.3, 0.4) is 0 Å². The molecule has 0 unspecified atom stereocenters. The second-order valence-electron chi connectivity index (χ2n) is 9.90. The summed E-state index contributed by atoms with van der Waals surface area (Å²) >= 11 is 0. The summed E-state index contributed by atoms with van der Waals surface area (Å²) in [5, 5.41) is 0. The first-order valence-corrected chi connectivity index (χ1v) is 14.2. The third kappa shape index (κ3) is 13.1. The fourth-order valence-electron chi connectivity index (χ4n) is 4.60. The van der Waals surface area contributed by atoms with Crippen molar-refractivity contribution in [3.63, 3.8) is 0 Å². The monoisotopic (exact) mass is 462 g/mol. The first kappa shape index (κ1) is 28.4. The molecule has 1 heteroatoms. The molecule has 0 aliphatic heterocycles. The summed E-state index contributed by atoms with van der Waals surface area (Å²) in [4.78, 5) is 0. The van der Waals surface area contributed by atoms with Crippen LogP contribution in [0, 0.1) is 0 Å². The Kier molecular flexibility index (Phi) is 16.2. The van der Waals surface area contributed by atoms with Gasteiger partial charge in [0.05, 0.1) is 6.61 Å². The van der Waals surface area contributed by atoms with Crippen molar-refractivity contribution < 1.29 is 4.74 Å². The highest BCUT2D eigenvalue weighted by molar-refractivity contribution is 5.78. The van der Waals surface area contributed by atoms with Gasteiger partial charge in [0.15, 0.2) is 0 Å². The molecular weight excluding hydrogens is 412 g/mol. The Bertz CT molecular complexity index is 748. The van der Waals surface area contributed by atoms with Crippen LogP contribution in [0.1, 0.15) is 126 Å². The highest BCUT2D eigenvalue weighted by Crippen LogP contribution is 2.22. The predicted octanol–water partition coefficient (Wildman–Crippen LogP) is 10.5. The van der Waals surface area contributed by atoms with E-state index < -0.39 is 0 Å². The van der Waals surface area contributed by atoms with Crippen LogP contribution in [-0.4, -0.2) is 6.61 Å². The normalized spacial score (nSPS) is 11.1. The topological polar surface area (TPSA) is 9.23 Å². The Hall–Kier alpha value is -1.86. The van der Waals surface area contributed by atoms with Crippen LogP contribution in [0.15, 0.2) is 61.2 Å². The summed E-state index contributed by atoms with van der Waals surface area (Å²) in [6, 6.07) is 19.0. The summed E-state index contributed by atoms with van der Waals surface area (Å²) in [5.74, 6) is 0. The SMILES string of the molecule is C=C(c1ccccc1)c1cccc(COCCCCCCCCCCCCCCCCCC)c1. The van der Waals surface area contributed by atoms with Crippen LogP contribution in [0.25, 0.3) is 5.57 Å². The minimum atomic E-state index is 0.689. The van der Waals surface area contributed by atoms with Gasteiger partial charge >= 0.3 is 0 Å². The van der Waals surface area contributed by atoms with Crippen molar-refractivity contribution in [2.24, 2.45) is 0 Å². The molecule has 0 bridgehead atoms. The molecule has 0 aliphatic carbocycles. The van der Waals surface area contributed by atoms with E-state index in [2.05, 4.69) is 62.0 Å². The highest BCUT2D eigenvalue weighted by atomic mass is 16.5. The number of ether oxygens (including phenoxy) is 1. The number of benzene rings is 2. The second-order valence-corrected chi connectivity index (χ2v) is 9.90. The van der Waals surface area contributed by atoms with Crippen molar-refractivity contribution in [1.29, 1.82) is 0 Å². The standard InChI is InChI=1S/C33H50O/c1-3-4-5-6-7-8-9-10-11-12-13-14-15-16-17-21-27-34-29-31-23-22-26-33(28-31)30(2)32-24-19-18-20-25-32/h18-20,22-26,28H,2-17,21,27,29H2,1H3. The van der Waals surface area contributed by atoms with E-state index in [1.807, 2.05) is 6.07 Å². The second kappa shape index (κ2) is 19.4. The lowest BCUT2D eigenvalue weighted by Crippen LogP contribution is -1.97. The van der Waals surface area contributed by atoms with Crippen LogP contribution in [0.5, 0.6) is 0 Å². The van der Waals surface area contributed by atoms with Gasteiger partial charge in [-0.15, -0.1) is 0 Å². The first-order chi connectivity index (χ1) is 16.8. The Morgan fingerprint density at radius 2 is 1.09 bits per heavy atom. The molecule has 0 fully saturated rings. The molecule has 188 valence electrons. The van der Waals surface area contributed by atoms with Gasteiger partial charge in [-0.05, 0) is 34.8 Å². The smallest absolute Gasteiger partial charge is 0.0717 e. The molecule has 0 heterocycles. The van der Waals surface area contributed by atoms with Crippen LogP contribution in [0.4, 0.5) is 0 Å². The van der Waals surface area contributed by atoms with Gasteiger partial charge < -0.3 is 4.74 Å². The molecule has 0 saturated heterocycles. The van der Waals surface area contributed by atoms with Gasteiger partial charge in [0, 0.05) is 6.61 Å². The third-order valence-corrected chi connectivity index (χ3v) is 6.81. The van der Waals surface area contributed by atoms with Crippen molar-refractivity contribution in [3.8, 4) is 0 Å². The van der Waals surface area contributed by atoms with E-state index >= 15 is 0 Å². The Morgan fingerprint density at radius 1 is 0.588 bits per heavy atom. The fraction of sp³-hybridized carbons (Fsp3) is 0.576. The van der Waals surface area contributed by atoms with Crippen molar-refractivity contribution in [1.82, 2.24) is 0 Å². The van der Waals surface area contributed by atoms with Crippen molar-refractivity contribution in [2.75, 3.05) is 6.61 Å². The Balaban J connectivity index is 1.40. The molecule has 0 saturated carbocycles. The maximum atomic E-state index is 5.95. The molecule has 0 amide bonds. The number of rotatable bonds is 21. The number of unbranched alkanes of at least 4 members (excludes halogenated alkanes) is 15. The molecule has 0 N–H and O–H groups in total. The summed E-state index contributed by atoms with van der Waals surface area (Å²) in [6.45, 7) is 8.13. The van der Waals surface area contributed by atoms with Gasteiger partial charge in [0.2, 0.25) is 0 Å². The fourth-order valence-corrected chi connectivity index (χ4v) is 4.60. The van der Waals surface area contributed by atoms with E-state index in [0.29, 0.717) is 6.61 Å². The summed E-state index contributed by atoms with van der Waals surface area (Å²) in [6.07, 6.45) is 22.5. The van der Waals surface area contributed by atoms with E-state index in [-0.39, 0.29) is 0 Å². The zero-order valence-electron chi connectivity index (χ0n) is 22.0. The molecule has 0 atom stereocenters. The summed E-state index contributed by atoms with van der Waals surface area (Å²) in [7, 11) is 0. The molecule has 0 aromatic heterocycles. The molecule has 2 rings (SSSR count). The van der Waals surface area contributed by atoms with Crippen molar-refractivity contribution in [2.45, 2.75) is 116 Å². The van der Waals surface area contributed by atoms with Crippen molar-refractivity contribution >= 4 is 5.57 Å². The van der Waals surface area contributed by atoms with E-state index in [1.165, 1.54) is 119 Å². The summed E-state index contributed by atoms with van der Waals surface area (Å²) < 4.78 is 5.95. The average molecular weight is 463 g/mol. The maximum Gasteiger partial charge on any atom is 0.0717 e. The average Bonchev–Trinajstić information content (AvgIpc) is 2.88. The van der Waals surface area contributed by atoms with E-state index in [4.69, 9.17) is 4.74 Å². The van der Waals surface area contributed by atoms with E-state index in [9.17, 15) is 0 Å². The molecule has 0 radical (unpaired) electrons. The van der Waals surface area contributed by atoms with Crippen LogP contribution < -0.4 is 0 Å². The predicted molar refractivity (Wildman–Crippen MR) is 150 cm³/mol. The van der Waals surface area contributed by atoms with Gasteiger partial charge in [0.1, 0.15) is 0 Å². The lowest BCUT2D eigenvalue weighted by Gasteiger charge is -2.09. The van der Waals surface area contributed by atoms with Gasteiger partial charge in [0.25, 0.3) is 0 Å². The van der Waals surface area contributed by atoms with Gasteiger partial charge in [-0.2, -0.15) is 0 Å². The van der Waals surface area contributed by atoms with Crippen molar-refractivity contribution in [3.05, 3.63) is 77.9 Å². The number of hydrogen-bond acceptors (Lipinski definition) is 1. The third-order valence-electron chi connectivity index (χ3n) is 6.81. The minimum Gasteiger partial charge on any atom is -0.377 e. The molecular formula is C33H50O. The first-order valence-electron chi connectivity index (χ1n) is 14.2. The Labute approximate surface area is 211 Å². The van der Waals surface area contributed by atoms with Crippen LogP contribution in [-0.2, 0) is 11.3 Å². The van der Waals surface area contributed by atoms with Gasteiger partial charge in [-0.25, -0.2) is 0 Å². The zero-order valence-corrected chi connectivity index (χ0v) is 22.0. The molecule has 2 aromatic carbocycles.